The summed E-state index contributed by atoms with van der Waals surface area (Å²) in [6.07, 6.45) is 5.65. The minimum absolute atomic E-state index is 0.0368. The van der Waals surface area contributed by atoms with Crippen molar-refractivity contribution in [2.45, 2.75) is 39.2 Å². The molecular weight excluding hydrogens is 334 g/mol. The number of aromatic nitrogens is 3. The van der Waals surface area contributed by atoms with Crippen molar-refractivity contribution in [1.82, 2.24) is 24.8 Å². The van der Waals surface area contributed by atoms with Crippen LogP contribution in [0.2, 0.25) is 0 Å². The zero-order valence-corrected chi connectivity index (χ0v) is 15.2. The lowest BCUT2D eigenvalue weighted by molar-refractivity contribution is -0.135. The van der Waals surface area contributed by atoms with Crippen molar-refractivity contribution in [1.29, 1.82) is 0 Å². The molecule has 0 bridgehead atoms. The minimum Gasteiger partial charge on any atom is -0.396 e. The highest BCUT2D eigenvalue weighted by Gasteiger charge is 2.26. The SMILES string of the molecule is CC(C)C(=O)N1CCC[C@@H](NC(=O)c2cc3ncc(CCO)cn3n2)C1. The molecule has 140 valence electrons. The monoisotopic (exact) mass is 359 g/mol. The molecule has 1 saturated heterocycles. The maximum absolute atomic E-state index is 12.5. The summed E-state index contributed by atoms with van der Waals surface area (Å²) < 4.78 is 1.55. The number of amides is 2. The Kier molecular flexibility index (Phi) is 5.51. The number of rotatable bonds is 5. The third-order valence-electron chi connectivity index (χ3n) is 4.56. The predicted molar refractivity (Wildman–Crippen MR) is 95.7 cm³/mol. The van der Waals surface area contributed by atoms with Crippen LogP contribution in [0.5, 0.6) is 0 Å². The fraction of sp³-hybridized carbons (Fsp3) is 0.556. The van der Waals surface area contributed by atoms with Crippen LogP contribution in [0.3, 0.4) is 0 Å². The molecule has 2 aromatic heterocycles. The first kappa shape index (κ1) is 18.3. The second-order valence-corrected chi connectivity index (χ2v) is 7.02. The van der Waals surface area contributed by atoms with Gasteiger partial charge in [0.1, 0.15) is 0 Å². The zero-order chi connectivity index (χ0) is 18.7. The van der Waals surface area contributed by atoms with Crippen LogP contribution < -0.4 is 5.32 Å². The first-order valence-electron chi connectivity index (χ1n) is 9.02. The van der Waals surface area contributed by atoms with Crippen LogP contribution in [0.25, 0.3) is 5.65 Å². The van der Waals surface area contributed by atoms with E-state index < -0.39 is 0 Å². The van der Waals surface area contributed by atoms with E-state index in [-0.39, 0.29) is 30.4 Å². The van der Waals surface area contributed by atoms with E-state index in [2.05, 4.69) is 15.4 Å². The number of carbonyl (C=O) groups is 2. The van der Waals surface area contributed by atoms with Gasteiger partial charge in [0.05, 0.1) is 0 Å². The number of hydrogen-bond donors (Lipinski definition) is 2. The average molecular weight is 359 g/mol. The van der Waals surface area contributed by atoms with E-state index in [9.17, 15) is 9.59 Å². The summed E-state index contributed by atoms with van der Waals surface area (Å²) in [6, 6.07) is 1.57. The third kappa shape index (κ3) is 4.01. The Labute approximate surface area is 152 Å². The number of aliphatic hydroxyl groups excluding tert-OH is 1. The van der Waals surface area contributed by atoms with E-state index in [1.165, 1.54) is 0 Å². The van der Waals surface area contributed by atoms with Crippen molar-refractivity contribution < 1.29 is 14.7 Å². The van der Waals surface area contributed by atoms with Gasteiger partial charge in [-0.3, -0.25) is 9.59 Å². The lowest BCUT2D eigenvalue weighted by Crippen LogP contribution is -2.50. The summed E-state index contributed by atoms with van der Waals surface area (Å²) in [5, 5.41) is 16.3. The van der Waals surface area contributed by atoms with Gasteiger partial charge in [-0.05, 0) is 24.8 Å². The average Bonchev–Trinajstić information content (AvgIpc) is 3.05. The van der Waals surface area contributed by atoms with Gasteiger partial charge in [-0.15, -0.1) is 0 Å². The lowest BCUT2D eigenvalue weighted by atomic mass is 10.0. The quantitative estimate of drug-likeness (QED) is 0.816. The maximum Gasteiger partial charge on any atom is 0.272 e. The first-order chi connectivity index (χ1) is 12.5. The number of nitrogens with one attached hydrogen (secondary N) is 1. The Morgan fingerprint density at radius 3 is 2.96 bits per heavy atom. The van der Waals surface area contributed by atoms with E-state index in [4.69, 9.17) is 5.11 Å². The number of likely N-dealkylation sites (tertiary alicyclic amines) is 1. The number of aliphatic hydroxyl groups is 1. The van der Waals surface area contributed by atoms with Crippen LogP contribution in [-0.2, 0) is 11.2 Å². The number of piperidine rings is 1. The Balaban J connectivity index is 1.67. The van der Waals surface area contributed by atoms with E-state index in [1.807, 2.05) is 18.7 Å². The topological polar surface area (TPSA) is 99.8 Å². The Bertz CT molecular complexity index is 801. The van der Waals surface area contributed by atoms with Gasteiger partial charge in [-0.1, -0.05) is 13.8 Å². The lowest BCUT2D eigenvalue weighted by Gasteiger charge is -2.34. The fourth-order valence-corrected chi connectivity index (χ4v) is 3.20. The molecule has 2 amide bonds. The summed E-state index contributed by atoms with van der Waals surface area (Å²) in [5.74, 6) is -0.178. The molecule has 8 nitrogen and oxygen atoms in total. The minimum atomic E-state index is -0.261. The molecule has 1 aliphatic rings. The molecule has 1 fully saturated rings. The standard InChI is InChI=1S/C18H25N5O3/c1-12(2)18(26)22-6-3-4-14(11-22)20-17(25)15-8-16-19-9-13(5-7-24)10-23(16)21-15/h8-10,12,14,24H,3-7,11H2,1-2H3,(H,20,25)/t14-/m1/s1. The summed E-state index contributed by atoms with van der Waals surface area (Å²) in [6.45, 7) is 5.10. The molecule has 3 rings (SSSR count). The Hall–Kier alpha value is -2.48. The van der Waals surface area contributed by atoms with E-state index in [0.29, 0.717) is 24.3 Å². The number of nitrogens with zero attached hydrogens (tertiary/aromatic N) is 4. The molecule has 26 heavy (non-hydrogen) atoms. The van der Waals surface area contributed by atoms with Crippen molar-refractivity contribution in [2.24, 2.45) is 5.92 Å². The molecule has 0 radical (unpaired) electrons. The van der Waals surface area contributed by atoms with Gasteiger partial charge in [0.15, 0.2) is 11.3 Å². The highest BCUT2D eigenvalue weighted by molar-refractivity contribution is 5.93. The van der Waals surface area contributed by atoms with Gasteiger partial charge in [0.2, 0.25) is 5.91 Å². The second-order valence-electron chi connectivity index (χ2n) is 7.02. The van der Waals surface area contributed by atoms with Gasteiger partial charge >= 0.3 is 0 Å². The molecule has 0 saturated carbocycles. The second kappa shape index (κ2) is 7.82. The molecule has 0 unspecified atom stereocenters. The number of fused-ring (bicyclic) bond motifs is 1. The Morgan fingerprint density at radius 1 is 1.42 bits per heavy atom. The van der Waals surface area contributed by atoms with Crippen molar-refractivity contribution in [3.05, 3.63) is 29.7 Å². The van der Waals surface area contributed by atoms with Crippen LogP contribution in [0.1, 0.15) is 42.7 Å². The smallest absolute Gasteiger partial charge is 0.272 e. The summed E-state index contributed by atoms with van der Waals surface area (Å²) >= 11 is 0. The van der Waals surface area contributed by atoms with Crippen LogP contribution in [0, 0.1) is 5.92 Å². The van der Waals surface area contributed by atoms with Crippen molar-refractivity contribution >= 4 is 17.5 Å². The summed E-state index contributed by atoms with van der Waals surface area (Å²) in [5.41, 5.74) is 1.73. The van der Waals surface area contributed by atoms with Crippen molar-refractivity contribution in [2.75, 3.05) is 19.7 Å². The molecule has 1 atom stereocenters. The highest BCUT2D eigenvalue weighted by atomic mass is 16.3. The molecule has 0 aromatic carbocycles. The van der Waals surface area contributed by atoms with E-state index >= 15 is 0 Å². The first-order valence-corrected chi connectivity index (χ1v) is 9.02. The van der Waals surface area contributed by atoms with Gasteiger partial charge in [0, 0.05) is 50.1 Å². The fourth-order valence-electron chi connectivity index (χ4n) is 3.20. The molecular formula is C18H25N5O3. The highest BCUT2D eigenvalue weighted by Crippen LogP contribution is 2.14. The van der Waals surface area contributed by atoms with E-state index in [1.54, 1.807) is 23.0 Å². The summed E-state index contributed by atoms with van der Waals surface area (Å²) in [7, 11) is 0. The van der Waals surface area contributed by atoms with Crippen molar-refractivity contribution in [3.8, 4) is 0 Å². The predicted octanol–water partition coefficient (Wildman–Crippen LogP) is 0.641. The zero-order valence-electron chi connectivity index (χ0n) is 15.2. The van der Waals surface area contributed by atoms with Crippen LogP contribution in [0.4, 0.5) is 0 Å². The third-order valence-corrected chi connectivity index (χ3v) is 4.56. The van der Waals surface area contributed by atoms with Gasteiger partial charge in [0.25, 0.3) is 5.91 Å². The maximum atomic E-state index is 12.5. The van der Waals surface area contributed by atoms with Crippen LogP contribution >= 0.6 is 0 Å². The van der Waals surface area contributed by atoms with Gasteiger partial charge < -0.3 is 15.3 Å². The van der Waals surface area contributed by atoms with E-state index in [0.717, 1.165) is 24.9 Å². The molecule has 2 N–H and O–H groups in total. The molecule has 0 spiro atoms. The molecule has 3 heterocycles. The van der Waals surface area contributed by atoms with Crippen LogP contribution in [0.15, 0.2) is 18.5 Å². The largest absolute Gasteiger partial charge is 0.396 e. The number of carbonyl (C=O) groups excluding carboxylic acids is 2. The molecule has 0 aliphatic carbocycles. The molecule has 2 aromatic rings. The van der Waals surface area contributed by atoms with Crippen LogP contribution in [-0.4, -0.2) is 62.2 Å². The number of hydrogen-bond acceptors (Lipinski definition) is 5. The Morgan fingerprint density at radius 2 is 2.23 bits per heavy atom. The van der Waals surface area contributed by atoms with Gasteiger partial charge in [-0.25, -0.2) is 9.50 Å². The van der Waals surface area contributed by atoms with Crippen molar-refractivity contribution in [3.63, 3.8) is 0 Å². The normalized spacial score (nSPS) is 17.7. The summed E-state index contributed by atoms with van der Waals surface area (Å²) in [4.78, 5) is 30.8. The van der Waals surface area contributed by atoms with Gasteiger partial charge in [-0.2, -0.15) is 5.10 Å². The molecule has 8 heteroatoms. The molecule has 1 aliphatic heterocycles.